The minimum absolute atomic E-state index is 0. The van der Waals surface area contributed by atoms with Crippen molar-refractivity contribution in [1.82, 2.24) is 0 Å². The Morgan fingerprint density at radius 2 is 1.75 bits per heavy atom. The van der Waals surface area contributed by atoms with Gasteiger partial charge >= 0.3 is 28.4 Å². The Hall–Kier alpha value is 0.918. The van der Waals surface area contributed by atoms with Crippen molar-refractivity contribution in [2.75, 3.05) is 0 Å². The molecule has 0 heterocycles. The van der Waals surface area contributed by atoms with Crippen molar-refractivity contribution < 1.29 is 44.3 Å². The first-order valence-electron chi connectivity index (χ1n) is 0.362. The molecule has 0 aliphatic heterocycles. The molecular formula is CIrOPt. The van der Waals surface area contributed by atoms with Crippen LogP contribution in [-0.4, -0.2) is 4.27 Å². The molecule has 0 N–H and O–H groups in total. The van der Waals surface area contributed by atoms with Crippen LogP contribution >= 0.6 is 0 Å². The number of hydrogen-bond donors (Lipinski definition) is 0. The standard InChI is InChI=1S/CO.Ir.Pt/c1-2;;. The molecule has 3 heteroatoms. The van der Waals surface area contributed by atoms with Crippen molar-refractivity contribution in [3.8, 4) is 0 Å². The summed E-state index contributed by atoms with van der Waals surface area (Å²) in [5, 5.41) is 0. The fourth-order valence-corrected chi connectivity index (χ4v) is 0. The molecule has 0 saturated heterocycles. The molecule has 1 nitrogen and oxygen atoms in total. The van der Waals surface area contributed by atoms with Crippen molar-refractivity contribution in [2.24, 2.45) is 0 Å². The minimum Gasteiger partial charge on any atom is 0 e. The summed E-state index contributed by atoms with van der Waals surface area (Å²) in [5.41, 5.74) is 0. The first-order chi connectivity index (χ1) is 1.41. The fraction of sp³-hybridized carbons (Fsp3) is 0. The van der Waals surface area contributed by atoms with Gasteiger partial charge in [0.2, 0.25) is 0 Å². The van der Waals surface area contributed by atoms with E-state index in [1.54, 1.807) is 0 Å². The second kappa shape index (κ2) is 9.07. The van der Waals surface area contributed by atoms with Crippen molar-refractivity contribution >= 4 is 4.27 Å². The smallest absolute Gasteiger partial charge is 0 e. The molecule has 0 bridgehead atoms. The molecule has 0 fully saturated rings. The molecule has 0 spiro atoms. The topological polar surface area (TPSA) is 17.1 Å². The Kier molecular flexibility index (Phi) is 20.1. The predicted molar refractivity (Wildman–Crippen MR) is 5.69 cm³/mol. The summed E-state index contributed by atoms with van der Waals surface area (Å²) in [4.78, 5) is 8.67. The van der Waals surface area contributed by atoms with Gasteiger partial charge in [-0.3, -0.25) is 0 Å². The third kappa shape index (κ3) is 12.7. The van der Waals surface area contributed by atoms with E-state index in [0.29, 0.717) is 0 Å². The van der Waals surface area contributed by atoms with Crippen LogP contribution in [0.2, 0.25) is 0 Å². The van der Waals surface area contributed by atoms with Crippen LogP contribution in [0.4, 0.5) is 0 Å². The van der Waals surface area contributed by atoms with Crippen LogP contribution in [0, 0.1) is 0 Å². The van der Waals surface area contributed by atoms with Gasteiger partial charge in [0.15, 0.2) is 0 Å². The van der Waals surface area contributed by atoms with Crippen LogP contribution in [0.3, 0.4) is 0 Å². The van der Waals surface area contributed by atoms with Crippen LogP contribution in [0.15, 0.2) is 0 Å². The summed E-state index contributed by atoms with van der Waals surface area (Å²) in [6.07, 6.45) is 0. The normalized spacial score (nSPS) is 2.50. The number of hydrogen-bond acceptors (Lipinski definition) is 1. The third-order valence-electron chi connectivity index (χ3n) is 0. The van der Waals surface area contributed by atoms with Gasteiger partial charge in [0.1, 0.15) is 0 Å². The fourth-order valence-electron chi connectivity index (χ4n) is 0. The summed E-state index contributed by atoms with van der Waals surface area (Å²) >= 11 is 1.47. The number of rotatable bonds is 0. The van der Waals surface area contributed by atoms with Gasteiger partial charge in [-0.05, 0) is 0 Å². The maximum atomic E-state index is 8.67. The predicted octanol–water partition coefficient (Wildman–Crippen LogP) is -0.402. The third-order valence-corrected chi connectivity index (χ3v) is 0. The van der Waals surface area contributed by atoms with Crippen LogP contribution in [0.25, 0.3) is 0 Å². The van der Waals surface area contributed by atoms with Gasteiger partial charge in [0, 0.05) is 20.1 Å². The largest absolute Gasteiger partial charge is 0 e. The average Bonchev–Trinajstić information content (AvgIpc) is 0.918. The Morgan fingerprint density at radius 1 is 1.75 bits per heavy atom. The van der Waals surface area contributed by atoms with E-state index in [0.717, 1.165) is 0 Å². The number of carbonyl (C=O) groups excluding carboxylic acids is 1. The molecule has 29 valence electrons. The molecule has 1 radical (unpaired) electrons. The summed E-state index contributed by atoms with van der Waals surface area (Å²) in [6, 6.07) is 0. The van der Waals surface area contributed by atoms with E-state index in [4.69, 9.17) is 4.79 Å². The van der Waals surface area contributed by atoms with E-state index in [9.17, 15) is 0 Å². The maximum Gasteiger partial charge on any atom is 0 e. The molecule has 0 aliphatic rings. The SMILES string of the molecule is O=[C]=[Pt].[Ir]. The van der Waals surface area contributed by atoms with Crippen LogP contribution in [0.5, 0.6) is 0 Å². The van der Waals surface area contributed by atoms with Crippen molar-refractivity contribution in [2.45, 2.75) is 0 Å². The first kappa shape index (κ1) is 8.87. The van der Waals surface area contributed by atoms with E-state index in [-0.39, 0.29) is 20.1 Å². The summed E-state index contributed by atoms with van der Waals surface area (Å²) < 4.78 is 1.47. The molecule has 0 rings (SSSR count). The molecule has 0 atom stereocenters. The van der Waals surface area contributed by atoms with Gasteiger partial charge in [-0.25, -0.2) is 0 Å². The molecule has 0 saturated carbocycles. The van der Waals surface area contributed by atoms with E-state index >= 15 is 0 Å². The van der Waals surface area contributed by atoms with Crippen LogP contribution < -0.4 is 0 Å². The zero-order chi connectivity index (χ0) is 2.71. The van der Waals surface area contributed by atoms with Gasteiger partial charge in [0.05, 0.1) is 0 Å². The van der Waals surface area contributed by atoms with Gasteiger partial charge in [-0.15, -0.1) is 0 Å². The maximum absolute atomic E-state index is 8.67. The minimum atomic E-state index is 0. The summed E-state index contributed by atoms with van der Waals surface area (Å²) in [6.45, 7) is 0. The Morgan fingerprint density at radius 3 is 1.75 bits per heavy atom. The van der Waals surface area contributed by atoms with Crippen LogP contribution in [-0.2, 0) is 44.3 Å². The zero-order valence-electron chi connectivity index (χ0n) is 1.56. The molecule has 0 aromatic rings. The Balaban J connectivity index is 0. The molecule has 0 aromatic carbocycles. The second-order valence-electron chi connectivity index (χ2n) is 0.0645. The van der Waals surface area contributed by atoms with Crippen LogP contribution in [0.1, 0.15) is 0 Å². The van der Waals surface area contributed by atoms with E-state index in [1.807, 2.05) is 0 Å². The van der Waals surface area contributed by atoms with E-state index < -0.39 is 0 Å². The second-order valence-corrected chi connectivity index (χ2v) is 0.528. The van der Waals surface area contributed by atoms with E-state index in [1.165, 1.54) is 23.6 Å². The Labute approximate surface area is 48.5 Å². The van der Waals surface area contributed by atoms with Gasteiger partial charge in [0.25, 0.3) is 0 Å². The molecule has 0 aromatic heterocycles. The first-order valence-corrected chi connectivity index (χ1v) is 1.50. The van der Waals surface area contributed by atoms with Gasteiger partial charge in [-0.2, -0.15) is 0 Å². The summed E-state index contributed by atoms with van der Waals surface area (Å²) in [7, 11) is 0. The Bertz CT molecular complexity index is 29.0. The van der Waals surface area contributed by atoms with Crippen molar-refractivity contribution in [3.63, 3.8) is 0 Å². The molecule has 4 heavy (non-hydrogen) atoms. The van der Waals surface area contributed by atoms with Gasteiger partial charge in [-0.1, -0.05) is 0 Å². The molecule has 0 amide bonds. The molecular weight excluding hydrogens is 415 g/mol. The molecule has 0 aliphatic carbocycles. The quantitative estimate of drug-likeness (QED) is 0.527. The van der Waals surface area contributed by atoms with E-state index in [2.05, 4.69) is 0 Å². The monoisotopic (exact) mass is 416 g/mol. The average molecular weight is 415 g/mol. The molecule has 0 unspecified atom stereocenters. The zero-order valence-corrected chi connectivity index (χ0v) is 6.23. The summed E-state index contributed by atoms with van der Waals surface area (Å²) in [5.74, 6) is 0. The van der Waals surface area contributed by atoms with Gasteiger partial charge < -0.3 is 0 Å². The van der Waals surface area contributed by atoms with Crippen molar-refractivity contribution in [3.05, 3.63) is 0 Å². The van der Waals surface area contributed by atoms with Crippen molar-refractivity contribution in [1.29, 1.82) is 0 Å².